The number of aryl methyl sites for hydroxylation is 1. The van der Waals surface area contributed by atoms with Crippen LogP contribution in [0.5, 0.6) is 0 Å². The summed E-state index contributed by atoms with van der Waals surface area (Å²) in [4.78, 5) is 2.42. The molecule has 0 aromatic heterocycles. The maximum atomic E-state index is 11.2. The molecule has 1 atom stereocenters. The number of nitrogens with one attached hydrogen (secondary N) is 1. The monoisotopic (exact) mass is 296 g/mol. The topological polar surface area (TPSA) is 49.4 Å². The summed E-state index contributed by atoms with van der Waals surface area (Å²) >= 11 is 0. The minimum Gasteiger partial charge on any atom is -0.299 e. The average molecular weight is 296 g/mol. The molecule has 1 aromatic rings. The Bertz CT molecular complexity index is 525. The average Bonchev–Trinajstić information content (AvgIpc) is 2.39. The van der Waals surface area contributed by atoms with Crippen molar-refractivity contribution in [3.8, 4) is 0 Å². The zero-order valence-corrected chi connectivity index (χ0v) is 13.1. The van der Waals surface area contributed by atoms with E-state index in [4.69, 9.17) is 0 Å². The Balaban J connectivity index is 1.85. The van der Waals surface area contributed by atoms with Crippen LogP contribution in [0, 0.1) is 12.8 Å². The second-order valence-electron chi connectivity index (χ2n) is 5.85. The maximum Gasteiger partial charge on any atom is 0.208 e. The molecular weight excluding hydrogens is 272 g/mol. The fourth-order valence-corrected chi connectivity index (χ4v) is 3.22. The predicted molar refractivity (Wildman–Crippen MR) is 82.0 cm³/mol. The SMILES string of the molecule is Cc1ccc(CN2CCC[C@H](CNS(C)(=O)=O)C2)cc1. The van der Waals surface area contributed by atoms with Crippen LogP contribution in [-0.2, 0) is 16.6 Å². The van der Waals surface area contributed by atoms with Crippen molar-refractivity contribution in [2.75, 3.05) is 25.9 Å². The van der Waals surface area contributed by atoms with Crippen molar-refractivity contribution >= 4 is 10.0 Å². The van der Waals surface area contributed by atoms with Crippen LogP contribution in [-0.4, -0.2) is 39.2 Å². The molecule has 1 N–H and O–H groups in total. The summed E-state index contributed by atoms with van der Waals surface area (Å²) in [6.45, 7) is 5.68. The van der Waals surface area contributed by atoms with Crippen LogP contribution in [0.1, 0.15) is 24.0 Å². The highest BCUT2D eigenvalue weighted by molar-refractivity contribution is 7.88. The van der Waals surface area contributed by atoms with Crippen LogP contribution < -0.4 is 4.72 Å². The standard InChI is InChI=1S/C15H24N2O2S/c1-13-5-7-14(8-6-13)11-17-9-3-4-15(12-17)10-16-20(2,18)19/h5-8,15-16H,3-4,9-12H2,1-2H3/t15-/m1/s1. The molecular formula is C15H24N2O2S. The fourth-order valence-electron chi connectivity index (χ4n) is 2.68. The Labute approximate surface area is 122 Å². The molecule has 20 heavy (non-hydrogen) atoms. The molecule has 0 spiro atoms. The largest absolute Gasteiger partial charge is 0.299 e. The lowest BCUT2D eigenvalue weighted by Gasteiger charge is -2.32. The molecule has 1 aromatic carbocycles. The molecule has 0 saturated carbocycles. The number of rotatable bonds is 5. The Hall–Kier alpha value is -0.910. The summed E-state index contributed by atoms with van der Waals surface area (Å²) in [5.41, 5.74) is 2.61. The van der Waals surface area contributed by atoms with E-state index in [-0.39, 0.29) is 0 Å². The minimum absolute atomic E-state index is 0.420. The van der Waals surface area contributed by atoms with Gasteiger partial charge >= 0.3 is 0 Å². The minimum atomic E-state index is -3.07. The highest BCUT2D eigenvalue weighted by atomic mass is 32.2. The molecule has 0 bridgehead atoms. The number of hydrogen-bond donors (Lipinski definition) is 1. The van der Waals surface area contributed by atoms with Gasteiger partial charge in [0, 0.05) is 19.6 Å². The molecule has 0 aliphatic carbocycles. The van der Waals surface area contributed by atoms with Crippen molar-refractivity contribution < 1.29 is 8.42 Å². The smallest absolute Gasteiger partial charge is 0.208 e. The molecule has 4 nitrogen and oxygen atoms in total. The second-order valence-corrected chi connectivity index (χ2v) is 7.68. The third-order valence-corrected chi connectivity index (χ3v) is 4.46. The van der Waals surface area contributed by atoms with E-state index in [0.29, 0.717) is 12.5 Å². The number of likely N-dealkylation sites (tertiary alicyclic amines) is 1. The van der Waals surface area contributed by atoms with Gasteiger partial charge in [-0.2, -0.15) is 0 Å². The molecule has 1 aliphatic heterocycles. The van der Waals surface area contributed by atoms with Gasteiger partial charge in [-0.05, 0) is 37.8 Å². The second kappa shape index (κ2) is 6.70. The van der Waals surface area contributed by atoms with E-state index in [1.54, 1.807) is 0 Å². The number of benzene rings is 1. The summed E-state index contributed by atoms with van der Waals surface area (Å²) in [6.07, 6.45) is 3.47. The van der Waals surface area contributed by atoms with Crippen molar-refractivity contribution in [1.29, 1.82) is 0 Å². The van der Waals surface area contributed by atoms with Gasteiger partial charge in [0.1, 0.15) is 0 Å². The van der Waals surface area contributed by atoms with Crippen molar-refractivity contribution in [1.82, 2.24) is 9.62 Å². The number of hydrogen-bond acceptors (Lipinski definition) is 3. The fraction of sp³-hybridized carbons (Fsp3) is 0.600. The van der Waals surface area contributed by atoms with Crippen molar-refractivity contribution in [3.63, 3.8) is 0 Å². The van der Waals surface area contributed by atoms with Gasteiger partial charge in [0.25, 0.3) is 0 Å². The molecule has 1 aliphatic rings. The lowest BCUT2D eigenvalue weighted by atomic mass is 9.98. The molecule has 1 heterocycles. The van der Waals surface area contributed by atoms with E-state index in [9.17, 15) is 8.42 Å². The first-order chi connectivity index (χ1) is 9.42. The number of piperidine rings is 1. The van der Waals surface area contributed by atoms with E-state index in [2.05, 4.69) is 40.8 Å². The van der Waals surface area contributed by atoms with E-state index >= 15 is 0 Å². The van der Waals surface area contributed by atoms with Gasteiger partial charge in [-0.25, -0.2) is 13.1 Å². The zero-order valence-electron chi connectivity index (χ0n) is 12.3. The maximum absolute atomic E-state index is 11.2. The van der Waals surface area contributed by atoms with Gasteiger partial charge in [0.15, 0.2) is 0 Å². The van der Waals surface area contributed by atoms with Crippen LogP contribution in [0.15, 0.2) is 24.3 Å². The quantitative estimate of drug-likeness (QED) is 0.900. The van der Waals surface area contributed by atoms with Crippen LogP contribution in [0.3, 0.4) is 0 Å². The van der Waals surface area contributed by atoms with Gasteiger partial charge < -0.3 is 0 Å². The number of nitrogens with zero attached hydrogens (tertiary/aromatic N) is 1. The van der Waals surface area contributed by atoms with E-state index in [1.807, 2.05) is 0 Å². The van der Waals surface area contributed by atoms with Crippen molar-refractivity contribution in [2.24, 2.45) is 5.92 Å². The molecule has 0 unspecified atom stereocenters. The summed E-state index contributed by atoms with van der Waals surface area (Å²) in [6, 6.07) is 8.63. The van der Waals surface area contributed by atoms with Gasteiger partial charge in [-0.15, -0.1) is 0 Å². The summed E-state index contributed by atoms with van der Waals surface area (Å²) < 4.78 is 24.9. The van der Waals surface area contributed by atoms with Crippen LogP contribution in [0.4, 0.5) is 0 Å². The first-order valence-corrected chi connectivity index (χ1v) is 9.04. The van der Waals surface area contributed by atoms with E-state index < -0.39 is 10.0 Å². The summed E-state index contributed by atoms with van der Waals surface area (Å²) in [5.74, 6) is 0.420. The molecule has 5 heteroatoms. The first-order valence-electron chi connectivity index (χ1n) is 7.15. The third kappa shape index (κ3) is 5.23. The van der Waals surface area contributed by atoms with Gasteiger partial charge in [0.2, 0.25) is 10.0 Å². The van der Waals surface area contributed by atoms with Gasteiger partial charge in [-0.1, -0.05) is 29.8 Å². The van der Waals surface area contributed by atoms with Gasteiger partial charge in [-0.3, -0.25) is 4.90 Å². The first kappa shape index (κ1) is 15.5. The van der Waals surface area contributed by atoms with Crippen LogP contribution in [0.2, 0.25) is 0 Å². The molecule has 112 valence electrons. The van der Waals surface area contributed by atoms with E-state index in [1.165, 1.54) is 17.4 Å². The lowest BCUT2D eigenvalue weighted by Crippen LogP contribution is -2.40. The predicted octanol–water partition coefficient (Wildman–Crippen LogP) is 1.76. The van der Waals surface area contributed by atoms with Crippen LogP contribution >= 0.6 is 0 Å². The zero-order chi connectivity index (χ0) is 14.6. The Morgan fingerprint density at radius 1 is 1.30 bits per heavy atom. The van der Waals surface area contributed by atoms with Gasteiger partial charge in [0.05, 0.1) is 6.26 Å². The highest BCUT2D eigenvalue weighted by Crippen LogP contribution is 2.18. The molecule has 2 rings (SSSR count). The van der Waals surface area contributed by atoms with Crippen LogP contribution in [0.25, 0.3) is 0 Å². The molecule has 1 fully saturated rings. The Kier molecular flexibility index (Phi) is 5.18. The summed E-state index contributed by atoms with van der Waals surface area (Å²) in [5, 5.41) is 0. The Morgan fingerprint density at radius 2 is 2.00 bits per heavy atom. The highest BCUT2D eigenvalue weighted by Gasteiger charge is 2.20. The normalized spacial score (nSPS) is 21.0. The van der Waals surface area contributed by atoms with E-state index in [0.717, 1.165) is 32.5 Å². The molecule has 0 amide bonds. The Morgan fingerprint density at radius 3 is 2.65 bits per heavy atom. The molecule has 0 radical (unpaired) electrons. The molecule has 1 saturated heterocycles. The van der Waals surface area contributed by atoms with Crippen molar-refractivity contribution in [3.05, 3.63) is 35.4 Å². The van der Waals surface area contributed by atoms with Crippen molar-refractivity contribution in [2.45, 2.75) is 26.3 Å². The third-order valence-electron chi connectivity index (χ3n) is 3.76. The number of sulfonamides is 1. The lowest BCUT2D eigenvalue weighted by molar-refractivity contribution is 0.169. The summed E-state index contributed by atoms with van der Waals surface area (Å²) in [7, 11) is -3.07.